The molecule has 12 heteroatoms. The van der Waals surface area contributed by atoms with Crippen molar-refractivity contribution in [2.24, 2.45) is 4.40 Å². The van der Waals surface area contributed by atoms with E-state index >= 15 is 0 Å². The second kappa shape index (κ2) is 8.74. The molecule has 0 fully saturated rings. The molecule has 0 aliphatic carbocycles. The van der Waals surface area contributed by atoms with Crippen LogP contribution in [0.2, 0.25) is 5.02 Å². The first kappa shape index (κ1) is 22.2. The number of halogens is 1. The van der Waals surface area contributed by atoms with Crippen LogP contribution >= 0.6 is 11.6 Å². The number of hydrogen-bond donors (Lipinski definition) is 1. The molecule has 0 spiro atoms. The van der Waals surface area contributed by atoms with Crippen LogP contribution in [0.4, 0.5) is 0 Å². The number of imidazole rings is 1. The lowest BCUT2D eigenvalue weighted by molar-refractivity contribution is 0.0600. The number of sulfonamides is 1. The Balaban J connectivity index is 1.85. The van der Waals surface area contributed by atoms with Crippen molar-refractivity contribution < 1.29 is 22.7 Å². The van der Waals surface area contributed by atoms with Gasteiger partial charge in [0.2, 0.25) is 0 Å². The van der Waals surface area contributed by atoms with Gasteiger partial charge in [-0.05, 0) is 36.4 Å². The molecule has 1 aromatic heterocycles. The van der Waals surface area contributed by atoms with Crippen LogP contribution in [0.15, 0.2) is 52.0 Å². The normalized spacial score (nSPS) is 11.6. The third-order valence-electron chi connectivity index (χ3n) is 4.09. The summed E-state index contributed by atoms with van der Waals surface area (Å²) in [6.45, 7) is 0. The van der Waals surface area contributed by atoms with Gasteiger partial charge in [0.05, 0.1) is 39.2 Å². The lowest BCUT2D eigenvalue weighted by atomic mass is 10.2. The molecule has 1 heterocycles. The van der Waals surface area contributed by atoms with Gasteiger partial charge in [0, 0.05) is 14.1 Å². The minimum atomic E-state index is -3.95. The summed E-state index contributed by atoms with van der Waals surface area (Å²) in [5.74, 6) is -1.08. The molecule has 0 saturated heterocycles. The Morgan fingerprint density at radius 3 is 2.61 bits per heavy atom. The number of ether oxygens (including phenoxy) is 1. The molecule has 0 aliphatic rings. The van der Waals surface area contributed by atoms with Gasteiger partial charge < -0.3 is 9.64 Å². The van der Waals surface area contributed by atoms with Crippen LogP contribution in [-0.4, -0.2) is 62.4 Å². The van der Waals surface area contributed by atoms with Crippen LogP contribution in [0.25, 0.3) is 11.0 Å². The Morgan fingerprint density at radius 1 is 1.23 bits per heavy atom. The minimum Gasteiger partial charge on any atom is -0.465 e. The molecule has 1 N–H and O–H groups in total. The highest BCUT2D eigenvalue weighted by molar-refractivity contribution is 7.90. The topological polar surface area (TPSA) is 123 Å². The molecule has 3 rings (SSSR count). The van der Waals surface area contributed by atoms with E-state index in [0.717, 1.165) is 12.4 Å². The number of fused-ring (bicyclic) bond motifs is 1. The Kier molecular flexibility index (Phi) is 6.27. The summed E-state index contributed by atoms with van der Waals surface area (Å²) in [5.41, 5.74) is 4.00. The first-order chi connectivity index (χ1) is 14.6. The van der Waals surface area contributed by atoms with E-state index in [1.165, 1.54) is 41.2 Å². The number of nitrogens with zero attached hydrogens (tertiary/aromatic N) is 4. The number of methoxy groups -OCH3 is 1. The van der Waals surface area contributed by atoms with Crippen molar-refractivity contribution >= 4 is 50.9 Å². The Morgan fingerprint density at radius 2 is 1.97 bits per heavy atom. The lowest BCUT2D eigenvalue weighted by Crippen LogP contribution is -2.22. The summed E-state index contributed by atoms with van der Waals surface area (Å²) in [6, 6.07) is 8.38. The second-order valence-corrected chi connectivity index (χ2v) is 8.59. The van der Waals surface area contributed by atoms with Gasteiger partial charge in [-0.1, -0.05) is 11.6 Å². The summed E-state index contributed by atoms with van der Waals surface area (Å²) >= 11 is 6.16. The van der Waals surface area contributed by atoms with Crippen molar-refractivity contribution in [2.45, 2.75) is 4.90 Å². The standard InChI is InChI=1S/C19H18ClN5O5S/c1-24(2)11-22-31(28,29)13-5-6-14(15(20)9-13)18(26)23-25-10-21-16-8-12(19(27)30-3)4-7-17(16)25/h4-11H,1-3H3,(H,23,26)/b22-11+. The molecule has 0 aliphatic heterocycles. The van der Waals surface area contributed by atoms with E-state index in [-0.39, 0.29) is 15.5 Å². The maximum atomic E-state index is 12.7. The van der Waals surface area contributed by atoms with Crippen molar-refractivity contribution in [2.75, 3.05) is 26.6 Å². The molecule has 31 heavy (non-hydrogen) atoms. The zero-order valence-electron chi connectivity index (χ0n) is 16.7. The first-order valence-electron chi connectivity index (χ1n) is 8.75. The fraction of sp³-hybridized carbons (Fsp3) is 0.158. The summed E-state index contributed by atoms with van der Waals surface area (Å²) in [5, 5.41) is -0.0592. The average molecular weight is 464 g/mol. The van der Waals surface area contributed by atoms with Crippen LogP contribution < -0.4 is 5.43 Å². The SMILES string of the molecule is COC(=O)c1ccc2c(c1)ncn2NC(=O)c1ccc(S(=O)(=O)/N=C/N(C)C)cc1Cl. The summed E-state index contributed by atoms with van der Waals surface area (Å²) in [7, 11) is 0.593. The maximum absolute atomic E-state index is 12.7. The molecule has 0 bridgehead atoms. The van der Waals surface area contributed by atoms with Crippen LogP contribution in [-0.2, 0) is 14.8 Å². The van der Waals surface area contributed by atoms with E-state index in [9.17, 15) is 18.0 Å². The number of benzene rings is 2. The van der Waals surface area contributed by atoms with Crippen molar-refractivity contribution in [3.8, 4) is 0 Å². The van der Waals surface area contributed by atoms with Crippen LogP contribution in [0.1, 0.15) is 20.7 Å². The molecule has 0 saturated carbocycles. The van der Waals surface area contributed by atoms with E-state index in [1.54, 1.807) is 26.2 Å². The molecule has 10 nitrogen and oxygen atoms in total. The van der Waals surface area contributed by atoms with Gasteiger partial charge in [-0.3, -0.25) is 10.2 Å². The molecule has 0 radical (unpaired) electrons. The van der Waals surface area contributed by atoms with E-state index in [2.05, 4.69) is 19.5 Å². The highest BCUT2D eigenvalue weighted by atomic mass is 35.5. The van der Waals surface area contributed by atoms with E-state index in [1.807, 2.05) is 0 Å². The zero-order chi connectivity index (χ0) is 22.8. The highest BCUT2D eigenvalue weighted by Gasteiger charge is 2.18. The molecule has 0 atom stereocenters. The van der Waals surface area contributed by atoms with Crippen molar-refractivity contribution in [3.63, 3.8) is 0 Å². The number of hydrogen-bond acceptors (Lipinski definition) is 6. The van der Waals surface area contributed by atoms with Crippen LogP contribution in [0, 0.1) is 0 Å². The first-order valence-corrected chi connectivity index (χ1v) is 10.6. The molecule has 1 amide bonds. The predicted octanol–water partition coefficient (Wildman–Crippen LogP) is 2.14. The number of amides is 1. The van der Waals surface area contributed by atoms with Gasteiger partial charge in [0.15, 0.2) is 0 Å². The van der Waals surface area contributed by atoms with Crippen LogP contribution in [0.5, 0.6) is 0 Å². The number of nitrogens with one attached hydrogen (secondary N) is 1. The smallest absolute Gasteiger partial charge is 0.337 e. The predicted molar refractivity (Wildman–Crippen MR) is 116 cm³/mol. The summed E-state index contributed by atoms with van der Waals surface area (Å²) in [6.07, 6.45) is 2.52. The average Bonchev–Trinajstić information content (AvgIpc) is 3.13. The fourth-order valence-corrected chi connectivity index (χ4v) is 3.85. The van der Waals surface area contributed by atoms with Gasteiger partial charge in [0.1, 0.15) is 12.7 Å². The summed E-state index contributed by atoms with van der Waals surface area (Å²) < 4.78 is 34.1. The lowest BCUT2D eigenvalue weighted by Gasteiger charge is -2.10. The third kappa shape index (κ3) is 4.84. The largest absolute Gasteiger partial charge is 0.465 e. The number of carbonyl (C=O) groups excluding carboxylic acids is 2. The van der Waals surface area contributed by atoms with Gasteiger partial charge in [-0.15, -0.1) is 4.40 Å². The molecule has 2 aromatic carbocycles. The third-order valence-corrected chi connectivity index (χ3v) is 5.62. The molecule has 3 aromatic rings. The van der Waals surface area contributed by atoms with Crippen molar-refractivity contribution in [1.29, 1.82) is 0 Å². The number of aromatic nitrogens is 2. The van der Waals surface area contributed by atoms with Gasteiger partial charge in [-0.2, -0.15) is 8.42 Å². The Hall–Kier alpha value is -3.44. The number of rotatable bonds is 6. The van der Waals surface area contributed by atoms with E-state index < -0.39 is 21.9 Å². The van der Waals surface area contributed by atoms with E-state index in [4.69, 9.17) is 11.6 Å². The Bertz CT molecular complexity index is 1300. The molecule has 162 valence electrons. The van der Waals surface area contributed by atoms with Crippen molar-refractivity contribution in [3.05, 3.63) is 58.9 Å². The Labute approximate surface area is 183 Å². The van der Waals surface area contributed by atoms with Gasteiger partial charge in [-0.25, -0.2) is 14.5 Å². The molecular weight excluding hydrogens is 446 g/mol. The van der Waals surface area contributed by atoms with Gasteiger partial charge in [0.25, 0.3) is 15.9 Å². The van der Waals surface area contributed by atoms with Crippen molar-refractivity contribution in [1.82, 2.24) is 14.6 Å². The van der Waals surface area contributed by atoms with E-state index in [0.29, 0.717) is 16.6 Å². The maximum Gasteiger partial charge on any atom is 0.337 e. The molecular formula is C19H18ClN5O5S. The fourth-order valence-electron chi connectivity index (χ4n) is 2.57. The summed E-state index contributed by atoms with van der Waals surface area (Å²) in [4.78, 5) is 29.8. The minimum absolute atomic E-state index is 0.0592. The zero-order valence-corrected chi connectivity index (χ0v) is 18.3. The van der Waals surface area contributed by atoms with Gasteiger partial charge >= 0.3 is 5.97 Å². The monoisotopic (exact) mass is 463 g/mol. The number of carbonyl (C=O) groups is 2. The quantitative estimate of drug-likeness (QED) is 0.337. The number of esters is 1. The van der Waals surface area contributed by atoms with Crippen LogP contribution in [0.3, 0.4) is 0 Å². The highest BCUT2D eigenvalue weighted by Crippen LogP contribution is 2.23. The molecule has 0 unspecified atom stereocenters. The second-order valence-electron chi connectivity index (χ2n) is 6.55.